The Morgan fingerprint density at radius 1 is 1.46 bits per heavy atom. The Balaban J connectivity index is 2.10. The molecule has 128 valence electrons. The van der Waals surface area contributed by atoms with Gasteiger partial charge in [-0.15, -0.1) is 0 Å². The van der Waals surface area contributed by atoms with Crippen molar-refractivity contribution >= 4 is 24.0 Å². The molecule has 6 nitrogen and oxygen atoms in total. The van der Waals surface area contributed by atoms with Gasteiger partial charge in [0.05, 0.1) is 5.69 Å². The first-order valence-electron chi connectivity index (χ1n) is 7.66. The molecule has 2 aromatic rings. The van der Waals surface area contributed by atoms with E-state index in [0.717, 1.165) is 6.04 Å². The molecule has 0 amide bonds. The summed E-state index contributed by atoms with van der Waals surface area (Å²) in [6, 6.07) is 8.21. The van der Waals surface area contributed by atoms with Crippen molar-refractivity contribution in [2.45, 2.75) is 38.5 Å². The third kappa shape index (κ3) is 4.98. The zero-order valence-corrected chi connectivity index (χ0v) is 16.6. The molecule has 0 saturated carbocycles. The van der Waals surface area contributed by atoms with E-state index in [-0.39, 0.29) is 6.73 Å². The fraction of sp³-hybridized carbons (Fsp3) is 0.438. The second-order valence-corrected chi connectivity index (χ2v) is 13.1. The fourth-order valence-corrected chi connectivity index (χ4v) is 3.27. The Morgan fingerprint density at radius 3 is 2.83 bits per heavy atom. The minimum absolute atomic E-state index is 0.203. The molecule has 1 atom stereocenters. The number of rotatable bonds is 7. The van der Waals surface area contributed by atoms with Crippen LogP contribution in [-0.4, -0.2) is 34.6 Å². The van der Waals surface area contributed by atoms with Gasteiger partial charge in [0.2, 0.25) is 0 Å². The maximum atomic E-state index is 10.5. The number of pyridine rings is 1. The van der Waals surface area contributed by atoms with E-state index >= 15 is 0 Å². The molecular weight excluding hydrogens is 388 g/mol. The van der Waals surface area contributed by atoms with Gasteiger partial charge in [-0.2, -0.15) is 10.4 Å². The number of nitrogens with zero attached hydrogens (tertiary/aromatic N) is 4. The lowest BCUT2D eigenvalue weighted by Gasteiger charge is -2.15. The number of nitriles is 1. The molecule has 0 bridgehead atoms. The quantitative estimate of drug-likeness (QED) is 0.431. The van der Waals surface area contributed by atoms with Gasteiger partial charge in [0.25, 0.3) is 0 Å². The van der Waals surface area contributed by atoms with Gasteiger partial charge in [0, 0.05) is 32.5 Å². The second-order valence-electron chi connectivity index (χ2n) is 6.70. The maximum absolute atomic E-state index is 10.5. The van der Waals surface area contributed by atoms with Gasteiger partial charge in [-0.05, 0) is 28.0 Å². The third-order valence-electron chi connectivity index (χ3n) is 3.49. The topological polar surface area (TPSA) is 84.0 Å². The Kier molecular flexibility index (Phi) is 6.29. The third-order valence-corrected chi connectivity index (χ3v) is 5.85. The normalized spacial score (nSPS) is 12.8. The summed E-state index contributed by atoms with van der Waals surface area (Å²) in [5.74, 6) is 0. The average molecular weight is 409 g/mol. The van der Waals surface area contributed by atoms with E-state index in [0.29, 0.717) is 28.2 Å². The Hall–Kier alpha value is -1.53. The van der Waals surface area contributed by atoms with Crippen LogP contribution in [0.15, 0.2) is 29.0 Å². The van der Waals surface area contributed by atoms with Crippen molar-refractivity contribution in [1.82, 2.24) is 14.8 Å². The molecule has 0 aliphatic rings. The number of aliphatic hydroxyl groups is 1. The summed E-state index contributed by atoms with van der Waals surface area (Å²) in [6.45, 7) is 7.70. The summed E-state index contributed by atoms with van der Waals surface area (Å²) in [4.78, 5) is 4.09. The van der Waals surface area contributed by atoms with Crippen molar-refractivity contribution in [2.24, 2.45) is 0 Å². The Morgan fingerprint density at radius 2 is 2.21 bits per heavy atom. The first-order chi connectivity index (χ1) is 11.3. The molecule has 8 heteroatoms. The van der Waals surface area contributed by atoms with Crippen molar-refractivity contribution in [2.75, 3.05) is 6.61 Å². The van der Waals surface area contributed by atoms with E-state index in [1.807, 2.05) is 0 Å². The van der Waals surface area contributed by atoms with Crippen molar-refractivity contribution < 1.29 is 9.84 Å². The van der Waals surface area contributed by atoms with Crippen LogP contribution in [0, 0.1) is 11.3 Å². The second kappa shape index (κ2) is 8.03. The zero-order valence-electron chi connectivity index (χ0n) is 14.0. The van der Waals surface area contributed by atoms with Crippen LogP contribution in [0.25, 0.3) is 0 Å². The average Bonchev–Trinajstić information content (AvgIpc) is 2.94. The number of halogens is 1. The summed E-state index contributed by atoms with van der Waals surface area (Å²) in [5.41, 5.74) is 1.36. The van der Waals surface area contributed by atoms with Crippen LogP contribution in [0.3, 0.4) is 0 Å². The molecule has 0 saturated heterocycles. The van der Waals surface area contributed by atoms with E-state index in [1.165, 1.54) is 4.68 Å². The molecule has 1 N–H and O–H groups in total. The lowest BCUT2D eigenvalue weighted by molar-refractivity contribution is 0.0768. The van der Waals surface area contributed by atoms with Crippen LogP contribution in [0.1, 0.15) is 23.1 Å². The summed E-state index contributed by atoms with van der Waals surface area (Å²) in [6.07, 6.45) is 0.676. The van der Waals surface area contributed by atoms with Gasteiger partial charge < -0.3 is 9.84 Å². The molecule has 1 unspecified atom stereocenters. The van der Waals surface area contributed by atoms with Crippen LogP contribution in [-0.2, 0) is 11.5 Å². The molecule has 0 aliphatic carbocycles. The van der Waals surface area contributed by atoms with Crippen LogP contribution in [0.4, 0.5) is 0 Å². The number of aromatic nitrogens is 3. The summed E-state index contributed by atoms with van der Waals surface area (Å²) in [7, 11) is -1.15. The van der Waals surface area contributed by atoms with Crippen LogP contribution >= 0.6 is 15.9 Å². The zero-order chi connectivity index (χ0) is 17.7. The molecule has 0 radical (unpaired) electrons. The minimum Gasteiger partial charge on any atom is -0.382 e. The molecule has 0 spiro atoms. The molecule has 24 heavy (non-hydrogen) atoms. The van der Waals surface area contributed by atoms with Crippen molar-refractivity contribution in [3.05, 3.63) is 46.0 Å². The predicted molar refractivity (Wildman–Crippen MR) is 97.0 cm³/mol. The highest BCUT2D eigenvalue weighted by atomic mass is 79.9. The first-order valence-corrected chi connectivity index (χ1v) is 12.2. The highest BCUT2D eigenvalue weighted by Crippen LogP contribution is 2.26. The van der Waals surface area contributed by atoms with Gasteiger partial charge >= 0.3 is 0 Å². The lowest BCUT2D eigenvalue weighted by Crippen LogP contribution is -2.22. The maximum Gasteiger partial charge on any atom is 0.141 e. The lowest BCUT2D eigenvalue weighted by atomic mass is 10.1. The molecule has 0 aliphatic heterocycles. The summed E-state index contributed by atoms with van der Waals surface area (Å²) >= 11 is 3.31. The molecule has 0 aromatic carbocycles. The van der Waals surface area contributed by atoms with E-state index in [4.69, 9.17) is 4.74 Å². The summed E-state index contributed by atoms with van der Waals surface area (Å²) in [5, 5.41) is 24.1. The SMILES string of the molecule is C[Si](C)(C)CCOCn1nc(C(O)c2cccnc2Br)cc1C#N. The van der Waals surface area contributed by atoms with E-state index in [2.05, 4.69) is 51.7 Å². The predicted octanol–water partition coefficient (Wildman–Crippen LogP) is 3.31. The number of ether oxygens (including phenoxy) is 1. The standard InChI is InChI=1S/C16H21BrN4O2Si/c1-24(2,3)8-7-23-11-21-12(10-18)9-14(20-21)15(22)13-5-4-6-19-16(13)17/h4-6,9,15,22H,7-8,11H2,1-3H3. The van der Waals surface area contributed by atoms with Crippen LogP contribution < -0.4 is 0 Å². The fourth-order valence-electron chi connectivity index (χ4n) is 2.05. The number of hydrogen-bond donors (Lipinski definition) is 1. The Bertz CT molecular complexity index is 736. The van der Waals surface area contributed by atoms with Crippen molar-refractivity contribution in [1.29, 1.82) is 5.26 Å². The van der Waals surface area contributed by atoms with Gasteiger partial charge in [-0.1, -0.05) is 25.7 Å². The largest absolute Gasteiger partial charge is 0.382 e. The first kappa shape index (κ1) is 18.8. The Labute approximate surface area is 151 Å². The smallest absolute Gasteiger partial charge is 0.141 e. The monoisotopic (exact) mass is 408 g/mol. The molecule has 2 rings (SSSR count). The van der Waals surface area contributed by atoms with E-state index in [9.17, 15) is 10.4 Å². The van der Waals surface area contributed by atoms with E-state index in [1.54, 1.807) is 24.4 Å². The van der Waals surface area contributed by atoms with Crippen molar-refractivity contribution in [3.8, 4) is 6.07 Å². The van der Waals surface area contributed by atoms with Crippen LogP contribution in [0.2, 0.25) is 25.7 Å². The minimum atomic E-state index is -1.15. The highest BCUT2D eigenvalue weighted by molar-refractivity contribution is 9.10. The van der Waals surface area contributed by atoms with Gasteiger partial charge in [-0.3, -0.25) is 0 Å². The number of hydrogen-bond acceptors (Lipinski definition) is 5. The van der Waals surface area contributed by atoms with Crippen molar-refractivity contribution in [3.63, 3.8) is 0 Å². The van der Waals surface area contributed by atoms with Gasteiger partial charge in [0.1, 0.15) is 29.2 Å². The van der Waals surface area contributed by atoms with E-state index < -0.39 is 14.2 Å². The molecule has 2 aromatic heterocycles. The van der Waals surface area contributed by atoms with Gasteiger partial charge in [-0.25, -0.2) is 9.67 Å². The summed E-state index contributed by atoms with van der Waals surface area (Å²) < 4.78 is 7.67. The molecular formula is C16H21BrN4O2Si. The van der Waals surface area contributed by atoms with Gasteiger partial charge in [0.15, 0.2) is 0 Å². The molecule has 0 fully saturated rings. The van der Waals surface area contributed by atoms with Crippen LogP contribution in [0.5, 0.6) is 0 Å². The molecule has 2 heterocycles. The number of aliphatic hydroxyl groups excluding tert-OH is 1. The highest BCUT2D eigenvalue weighted by Gasteiger charge is 2.19.